The van der Waals surface area contributed by atoms with E-state index in [0.29, 0.717) is 25.9 Å². The molecule has 1 N–H and O–H groups in total. The molecule has 1 saturated heterocycles. The van der Waals surface area contributed by atoms with Crippen LogP contribution in [0.1, 0.15) is 31.4 Å². The molecule has 3 rings (SSSR count). The van der Waals surface area contributed by atoms with Crippen LogP contribution in [0.5, 0.6) is 5.75 Å². The van der Waals surface area contributed by atoms with Crippen LogP contribution in [0.25, 0.3) is 6.08 Å². The minimum Gasteiger partial charge on any atom is -0.489 e. The topological polar surface area (TPSA) is 50.7 Å². The predicted octanol–water partition coefficient (Wildman–Crippen LogP) is 6.37. The van der Waals surface area contributed by atoms with Crippen molar-refractivity contribution in [3.63, 3.8) is 0 Å². The molecule has 2 aromatic rings. The number of hydrogen-bond acceptors (Lipinski definition) is 4. The minimum atomic E-state index is -0.195. The number of ether oxygens (including phenoxy) is 1. The Labute approximate surface area is 179 Å². The molecule has 0 unspecified atom stereocenters. The van der Waals surface area contributed by atoms with Crippen molar-refractivity contribution in [2.45, 2.75) is 33.3 Å². The summed E-state index contributed by atoms with van der Waals surface area (Å²) in [6.45, 7) is 5.94. The maximum Gasteiger partial charge on any atom is 0.264 e. The van der Waals surface area contributed by atoms with Crippen LogP contribution in [-0.4, -0.2) is 17.2 Å². The van der Waals surface area contributed by atoms with E-state index < -0.39 is 0 Å². The summed E-state index contributed by atoms with van der Waals surface area (Å²) in [5, 5.41) is 4.46. The molecule has 0 radical (unpaired) electrons. The summed E-state index contributed by atoms with van der Waals surface area (Å²) in [5.41, 5.74) is 2.41. The molecule has 1 aliphatic rings. The highest BCUT2D eigenvalue weighted by atomic mass is 35.5. The number of thioether (sulfide) groups is 1. The van der Waals surface area contributed by atoms with Crippen molar-refractivity contribution >= 4 is 57.8 Å². The van der Waals surface area contributed by atoms with Crippen LogP contribution in [-0.2, 0) is 4.79 Å². The molecular weight excluding hydrogens is 415 g/mol. The van der Waals surface area contributed by atoms with E-state index in [4.69, 9.17) is 27.9 Å². The van der Waals surface area contributed by atoms with E-state index in [1.54, 1.807) is 12.1 Å². The molecule has 28 heavy (non-hydrogen) atoms. The van der Waals surface area contributed by atoms with Gasteiger partial charge in [-0.3, -0.25) is 4.79 Å². The SMILES string of the molecule is CC[C@@H](C)Oc1ccc(/C=C2/SC(=Nc3cccc(Cl)c3C)NC2=O)cc1Cl. The lowest BCUT2D eigenvalue weighted by atomic mass is 10.2. The molecule has 1 fully saturated rings. The molecule has 2 aromatic carbocycles. The number of aliphatic imine (C=N–C) groups is 1. The van der Waals surface area contributed by atoms with Crippen LogP contribution in [0.4, 0.5) is 5.69 Å². The van der Waals surface area contributed by atoms with Gasteiger partial charge >= 0.3 is 0 Å². The van der Waals surface area contributed by atoms with Gasteiger partial charge in [-0.2, -0.15) is 0 Å². The number of rotatable bonds is 5. The average molecular weight is 435 g/mol. The Hall–Kier alpha value is -1.95. The van der Waals surface area contributed by atoms with Gasteiger partial charge in [0.05, 0.1) is 21.7 Å². The van der Waals surface area contributed by atoms with E-state index in [1.807, 2.05) is 44.2 Å². The zero-order valence-electron chi connectivity index (χ0n) is 15.8. The number of benzene rings is 2. The van der Waals surface area contributed by atoms with Gasteiger partial charge in [0.2, 0.25) is 0 Å². The van der Waals surface area contributed by atoms with Crippen molar-refractivity contribution in [3.05, 3.63) is 62.5 Å². The quantitative estimate of drug-likeness (QED) is 0.555. The van der Waals surface area contributed by atoms with Crippen molar-refractivity contribution in [2.24, 2.45) is 4.99 Å². The van der Waals surface area contributed by atoms with Gasteiger partial charge in [0, 0.05) is 5.02 Å². The highest BCUT2D eigenvalue weighted by Gasteiger charge is 2.24. The Bertz CT molecular complexity index is 973. The third-order valence-electron chi connectivity index (χ3n) is 4.27. The second-order valence-corrected chi connectivity index (χ2v) is 8.24. The first kappa shape index (κ1) is 20.8. The smallest absolute Gasteiger partial charge is 0.264 e. The van der Waals surface area contributed by atoms with Crippen LogP contribution in [0.3, 0.4) is 0 Å². The fourth-order valence-electron chi connectivity index (χ4n) is 2.46. The lowest BCUT2D eigenvalue weighted by Gasteiger charge is -2.14. The van der Waals surface area contributed by atoms with Crippen molar-refractivity contribution in [2.75, 3.05) is 0 Å². The highest BCUT2D eigenvalue weighted by Crippen LogP contribution is 2.33. The molecule has 4 nitrogen and oxygen atoms in total. The van der Waals surface area contributed by atoms with Gasteiger partial charge in [-0.1, -0.05) is 42.3 Å². The van der Waals surface area contributed by atoms with Gasteiger partial charge in [0.15, 0.2) is 5.17 Å². The van der Waals surface area contributed by atoms with Crippen molar-refractivity contribution in [1.82, 2.24) is 5.32 Å². The number of carbonyl (C=O) groups is 1. The zero-order chi connectivity index (χ0) is 20.3. The maximum atomic E-state index is 12.3. The third-order valence-corrected chi connectivity index (χ3v) is 5.88. The van der Waals surface area contributed by atoms with E-state index >= 15 is 0 Å². The molecule has 0 spiro atoms. The Morgan fingerprint density at radius 3 is 2.75 bits per heavy atom. The van der Waals surface area contributed by atoms with Gasteiger partial charge in [0.25, 0.3) is 5.91 Å². The highest BCUT2D eigenvalue weighted by molar-refractivity contribution is 8.18. The Morgan fingerprint density at radius 2 is 2.04 bits per heavy atom. The maximum absolute atomic E-state index is 12.3. The normalized spacial score (nSPS) is 17.8. The van der Waals surface area contributed by atoms with Gasteiger partial charge in [-0.05, 0) is 73.5 Å². The van der Waals surface area contributed by atoms with Crippen LogP contribution in [0.2, 0.25) is 10.0 Å². The van der Waals surface area contributed by atoms with Crippen LogP contribution in [0.15, 0.2) is 46.3 Å². The number of hydrogen-bond donors (Lipinski definition) is 1. The molecule has 7 heteroatoms. The summed E-state index contributed by atoms with van der Waals surface area (Å²) in [4.78, 5) is 17.4. The van der Waals surface area contributed by atoms with E-state index in [2.05, 4.69) is 17.2 Å². The first-order chi connectivity index (χ1) is 13.4. The molecule has 0 saturated carbocycles. The number of halogens is 2. The Kier molecular flexibility index (Phi) is 6.70. The summed E-state index contributed by atoms with van der Waals surface area (Å²) in [5.74, 6) is 0.444. The predicted molar refractivity (Wildman–Crippen MR) is 119 cm³/mol. The summed E-state index contributed by atoms with van der Waals surface area (Å²) in [7, 11) is 0. The van der Waals surface area contributed by atoms with Gasteiger partial charge in [-0.25, -0.2) is 4.99 Å². The van der Waals surface area contributed by atoms with Crippen molar-refractivity contribution in [3.8, 4) is 5.75 Å². The van der Waals surface area contributed by atoms with E-state index in [0.717, 1.165) is 23.2 Å². The summed E-state index contributed by atoms with van der Waals surface area (Å²) >= 11 is 13.7. The largest absolute Gasteiger partial charge is 0.489 e. The third kappa shape index (κ3) is 4.90. The standard InChI is InChI=1S/C21H20Cl2N2O2S/c1-4-12(2)27-18-9-8-14(10-16(18)23)11-19-20(26)25-21(28-19)24-17-7-5-6-15(22)13(17)3/h5-12H,4H2,1-3H3,(H,24,25,26)/b19-11+/t12-/m1/s1. The van der Waals surface area contributed by atoms with Crippen LogP contribution >= 0.6 is 35.0 Å². The first-order valence-electron chi connectivity index (χ1n) is 8.88. The monoisotopic (exact) mass is 434 g/mol. The van der Waals surface area contributed by atoms with Gasteiger partial charge < -0.3 is 10.1 Å². The molecular formula is C21H20Cl2N2O2S. The minimum absolute atomic E-state index is 0.0894. The van der Waals surface area contributed by atoms with Crippen LogP contribution in [0, 0.1) is 6.92 Å². The van der Waals surface area contributed by atoms with Crippen LogP contribution < -0.4 is 10.1 Å². The number of amides is 1. The molecule has 1 amide bonds. The lowest BCUT2D eigenvalue weighted by Crippen LogP contribution is -2.19. The van der Waals surface area contributed by atoms with Gasteiger partial charge in [0.1, 0.15) is 5.75 Å². The molecule has 146 valence electrons. The second-order valence-electron chi connectivity index (χ2n) is 6.39. The van der Waals surface area contributed by atoms with Crippen molar-refractivity contribution < 1.29 is 9.53 Å². The molecule has 1 atom stereocenters. The number of nitrogens with zero attached hydrogens (tertiary/aromatic N) is 1. The molecule has 1 aliphatic heterocycles. The Morgan fingerprint density at radius 1 is 1.25 bits per heavy atom. The fraction of sp³-hybridized carbons (Fsp3) is 0.238. The van der Waals surface area contributed by atoms with Gasteiger partial charge in [-0.15, -0.1) is 0 Å². The summed E-state index contributed by atoms with van der Waals surface area (Å²) in [6.07, 6.45) is 2.77. The summed E-state index contributed by atoms with van der Waals surface area (Å²) in [6, 6.07) is 11.0. The van der Waals surface area contributed by atoms with E-state index in [1.165, 1.54) is 11.8 Å². The average Bonchev–Trinajstić information content (AvgIpc) is 3.00. The molecule has 0 bridgehead atoms. The zero-order valence-corrected chi connectivity index (χ0v) is 18.1. The number of nitrogens with one attached hydrogen (secondary N) is 1. The molecule has 0 aromatic heterocycles. The number of carbonyl (C=O) groups excluding carboxylic acids is 1. The first-order valence-corrected chi connectivity index (χ1v) is 10.5. The number of amidine groups is 1. The lowest BCUT2D eigenvalue weighted by molar-refractivity contribution is -0.115. The fourth-order valence-corrected chi connectivity index (χ4v) is 3.70. The second kappa shape index (κ2) is 9.03. The van der Waals surface area contributed by atoms with E-state index in [9.17, 15) is 4.79 Å². The summed E-state index contributed by atoms with van der Waals surface area (Å²) < 4.78 is 5.78. The van der Waals surface area contributed by atoms with Crippen molar-refractivity contribution in [1.29, 1.82) is 0 Å². The molecule has 1 heterocycles. The Balaban J connectivity index is 1.80. The molecule has 0 aliphatic carbocycles. The van der Waals surface area contributed by atoms with E-state index in [-0.39, 0.29) is 12.0 Å².